The summed E-state index contributed by atoms with van der Waals surface area (Å²) in [5, 5.41) is 21.5. The summed E-state index contributed by atoms with van der Waals surface area (Å²) in [5.74, 6) is -1.06. The molecular formula is C26H25F5N8O3S. The van der Waals surface area contributed by atoms with Gasteiger partial charge in [0.05, 0.1) is 11.8 Å². The lowest BCUT2D eigenvalue weighted by atomic mass is 10.2. The molecular weight excluding hydrogens is 599 g/mol. The maximum Gasteiger partial charge on any atom is 0.417 e. The predicted octanol–water partition coefficient (Wildman–Crippen LogP) is 4.42. The van der Waals surface area contributed by atoms with Crippen LogP contribution in [-0.2, 0) is 32.2 Å². The van der Waals surface area contributed by atoms with E-state index in [1.165, 1.54) is 29.2 Å². The number of halogens is 5. The fourth-order valence-corrected chi connectivity index (χ4v) is 4.50. The van der Waals surface area contributed by atoms with E-state index < -0.39 is 29.7 Å². The average molecular weight is 625 g/mol. The van der Waals surface area contributed by atoms with Crippen molar-refractivity contribution < 1.29 is 36.3 Å². The lowest BCUT2D eigenvalue weighted by Gasteiger charge is -2.13. The molecule has 43 heavy (non-hydrogen) atoms. The average Bonchev–Trinajstić information content (AvgIpc) is 3.62. The molecule has 17 heteroatoms. The van der Waals surface area contributed by atoms with Crippen molar-refractivity contribution in [1.82, 2.24) is 40.8 Å². The fraction of sp³-hybridized carbons (Fsp3) is 0.346. The molecule has 0 aliphatic carbocycles. The first-order valence-electron chi connectivity index (χ1n) is 12.8. The number of carbonyl (C=O) groups is 2. The SMILES string of the molecule is CC(F)(F)Oc1cccc(CNC(=O)c2cn(CCCCc3nnc(C(=O)NCc4cncc(C(F)(F)F)c4)s3)nn2)c1. The molecule has 4 aromatic rings. The van der Waals surface area contributed by atoms with E-state index in [1.807, 2.05) is 0 Å². The van der Waals surface area contributed by atoms with Crippen molar-refractivity contribution in [3.05, 3.63) is 81.3 Å². The number of nitrogens with zero attached hydrogens (tertiary/aromatic N) is 6. The number of aryl methyl sites for hydroxylation is 2. The van der Waals surface area contributed by atoms with Crippen LogP contribution in [0.3, 0.4) is 0 Å². The largest absolute Gasteiger partial charge is 0.433 e. The van der Waals surface area contributed by atoms with Gasteiger partial charge in [-0.25, -0.2) is 0 Å². The van der Waals surface area contributed by atoms with Crippen LogP contribution in [0, 0.1) is 0 Å². The van der Waals surface area contributed by atoms with Crippen molar-refractivity contribution in [2.24, 2.45) is 0 Å². The first-order valence-corrected chi connectivity index (χ1v) is 13.6. The highest BCUT2D eigenvalue weighted by molar-refractivity contribution is 7.13. The number of hydrogen-bond acceptors (Lipinski definition) is 9. The van der Waals surface area contributed by atoms with Crippen molar-refractivity contribution in [1.29, 1.82) is 0 Å². The van der Waals surface area contributed by atoms with Crippen LogP contribution in [0.15, 0.2) is 48.9 Å². The minimum Gasteiger partial charge on any atom is -0.433 e. The van der Waals surface area contributed by atoms with Crippen molar-refractivity contribution >= 4 is 23.2 Å². The lowest BCUT2D eigenvalue weighted by molar-refractivity contribution is -0.159. The minimum atomic E-state index is -4.53. The summed E-state index contributed by atoms with van der Waals surface area (Å²) in [6.45, 7) is 1.02. The number of aromatic nitrogens is 6. The molecule has 2 N–H and O–H groups in total. The smallest absolute Gasteiger partial charge is 0.417 e. The molecule has 0 fully saturated rings. The normalized spacial score (nSPS) is 11.8. The molecule has 2 amide bonds. The van der Waals surface area contributed by atoms with Crippen molar-refractivity contribution in [3.8, 4) is 5.75 Å². The van der Waals surface area contributed by atoms with Gasteiger partial charge in [0.25, 0.3) is 11.8 Å². The molecule has 4 rings (SSSR count). The Bertz CT molecular complexity index is 1550. The Balaban J connectivity index is 1.17. The third kappa shape index (κ3) is 9.76. The molecule has 0 unspecified atom stereocenters. The standard InChI is InChI=1S/C26H25F5N8O3S/c1-25(27,28)42-19-6-4-5-16(10-19)12-33-22(40)20-15-39(38-35-20)8-3-2-7-21-36-37-24(43-21)23(41)34-13-17-9-18(14-32-11-17)26(29,30)31/h4-6,9-11,14-15H,2-3,7-8,12-13H2,1H3,(H,33,40)(H,34,41). The number of amides is 2. The van der Waals surface area contributed by atoms with Crippen molar-refractivity contribution in [2.75, 3.05) is 0 Å². The van der Waals surface area contributed by atoms with Gasteiger partial charge in [0, 0.05) is 45.4 Å². The van der Waals surface area contributed by atoms with Crippen LogP contribution in [0.1, 0.15) is 61.8 Å². The van der Waals surface area contributed by atoms with Crippen LogP contribution in [0.2, 0.25) is 0 Å². The Morgan fingerprint density at radius 1 is 0.953 bits per heavy atom. The van der Waals surface area contributed by atoms with Crippen LogP contribution < -0.4 is 15.4 Å². The molecule has 3 heterocycles. The zero-order valence-corrected chi connectivity index (χ0v) is 23.4. The topological polar surface area (TPSA) is 137 Å². The molecule has 0 saturated heterocycles. The molecule has 0 radical (unpaired) electrons. The second-order valence-electron chi connectivity index (χ2n) is 9.33. The maximum atomic E-state index is 13.1. The number of rotatable bonds is 13. The minimum absolute atomic E-state index is 0.0231. The molecule has 1 aromatic carbocycles. The second kappa shape index (κ2) is 13.6. The molecule has 0 spiro atoms. The summed E-state index contributed by atoms with van der Waals surface area (Å²) in [6, 6.07) is 6.91. The molecule has 228 valence electrons. The first-order chi connectivity index (χ1) is 20.4. The van der Waals surface area contributed by atoms with E-state index in [9.17, 15) is 31.5 Å². The Labute approximate surface area is 245 Å². The number of hydrogen-bond donors (Lipinski definition) is 2. The number of pyridine rings is 1. The zero-order valence-electron chi connectivity index (χ0n) is 22.6. The maximum absolute atomic E-state index is 13.1. The van der Waals surface area contributed by atoms with E-state index in [0.29, 0.717) is 49.5 Å². The highest BCUT2D eigenvalue weighted by atomic mass is 32.1. The molecule has 0 aliphatic heterocycles. The van der Waals surface area contributed by atoms with E-state index >= 15 is 0 Å². The summed E-state index contributed by atoms with van der Waals surface area (Å²) in [6.07, 6.45) is -2.57. The number of carbonyl (C=O) groups excluding carboxylic acids is 2. The van der Waals surface area contributed by atoms with Gasteiger partial charge in [0.15, 0.2) is 5.69 Å². The summed E-state index contributed by atoms with van der Waals surface area (Å²) in [4.78, 5) is 28.3. The van der Waals surface area contributed by atoms with Crippen molar-refractivity contribution in [3.63, 3.8) is 0 Å². The van der Waals surface area contributed by atoms with Gasteiger partial charge >= 0.3 is 12.3 Å². The summed E-state index contributed by atoms with van der Waals surface area (Å²) >= 11 is 1.08. The molecule has 0 saturated carbocycles. The van der Waals surface area contributed by atoms with Crippen LogP contribution in [0.5, 0.6) is 5.75 Å². The lowest BCUT2D eigenvalue weighted by Crippen LogP contribution is -2.23. The van der Waals surface area contributed by atoms with Gasteiger partial charge < -0.3 is 15.4 Å². The highest BCUT2D eigenvalue weighted by Gasteiger charge is 2.31. The number of ether oxygens (including phenoxy) is 1. The monoisotopic (exact) mass is 624 g/mol. The fourth-order valence-electron chi connectivity index (χ4n) is 3.70. The summed E-state index contributed by atoms with van der Waals surface area (Å²) in [5.41, 5.74) is -0.0501. The Kier molecular flexibility index (Phi) is 9.95. The Morgan fingerprint density at radius 2 is 1.72 bits per heavy atom. The van der Waals surface area contributed by atoms with Gasteiger partial charge in [-0.15, -0.1) is 15.3 Å². The molecule has 11 nitrogen and oxygen atoms in total. The van der Waals surface area contributed by atoms with Gasteiger partial charge in [0.2, 0.25) is 5.01 Å². The van der Waals surface area contributed by atoms with Gasteiger partial charge in [-0.2, -0.15) is 22.0 Å². The van der Waals surface area contributed by atoms with Crippen molar-refractivity contribution in [2.45, 2.75) is 58.1 Å². The number of nitrogens with one attached hydrogen (secondary N) is 2. The van der Waals surface area contributed by atoms with E-state index in [-0.39, 0.29) is 35.1 Å². The number of unbranched alkanes of at least 4 members (excludes halogenated alkanes) is 1. The molecule has 0 bridgehead atoms. The van der Waals surface area contributed by atoms with Gasteiger partial charge in [-0.05, 0) is 42.2 Å². The van der Waals surface area contributed by atoms with Crippen LogP contribution in [0.4, 0.5) is 22.0 Å². The van der Waals surface area contributed by atoms with E-state index in [0.717, 1.165) is 17.4 Å². The summed E-state index contributed by atoms with van der Waals surface area (Å²) in [7, 11) is 0. The van der Waals surface area contributed by atoms with Gasteiger partial charge in [-0.1, -0.05) is 28.7 Å². The molecule has 0 aliphatic rings. The van der Waals surface area contributed by atoms with Gasteiger partial charge in [0.1, 0.15) is 10.8 Å². The summed E-state index contributed by atoms with van der Waals surface area (Å²) < 4.78 is 70.7. The number of alkyl halides is 5. The van der Waals surface area contributed by atoms with E-state index in [2.05, 4.69) is 40.9 Å². The second-order valence-corrected chi connectivity index (χ2v) is 10.4. The highest BCUT2D eigenvalue weighted by Crippen LogP contribution is 2.29. The zero-order chi connectivity index (χ0) is 31.0. The molecule has 3 aromatic heterocycles. The predicted molar refractivity (Wildman–Crippen MR) is 142 cm³/mol. The Hall–Kier alpha value is -4.54. The first kappa shape index (κ1) is 31.4. The quantitative estimate of drug-likeness (QED) is 0.165. The molecule has 0 atom stereocenters. The van der Waals surface area contributed by atoms with E-state index in [1.54, 1.807) is 12.1 Å². The van der Waals surface area contributed by atoms with Crippen LogP contribution >= 0.6 is 11.3 Å². The van der Waals surface area contributed by atoms with E-state index in [4.69, 9.17) is 0 Å². The third-order valence-corrected chi connectivity index (χ3v) is 6.67. The van der Waals surface area contributed by atoms with Gasteiger partial charge in [-0.3, -0.25) is 19.3 Å². The third-order valence-electron chi connectivity index (χ3n) is 5.68. The van der Waals surface area contributed by atoms with Crippen LogP contribution in [0.25, 0.3) is 0 Å². The number of benzene rings is 1. The van der Waals surface area contributed by atoms with Crippen LogP contribution in [-0.4, -0.2) is 48.1 Å². The Morgan fingerprint density at radius 3 is 2.49 bits per heavy atom.